The maximum absolute atomic E-state index is 2.44. The summed E-state index contributed by atoms with van der Waals surface area (Å²) in [7, 11) is 2.17. The van der Waals surface area contributed by atoms with Crippen molar-refractivity contribution in [1.29, 1.82) is 0 Å². The lowest BCUT2D eigenvalue weighted by Gasteiger charge is -2.25. The highest BCUT2D eigenvalue weighted by Crippen LogP contribution is 2.41. The van der Waals surface area contributed by atoms with Crippen molar-refractivity contribution in [2.45, 2.75) is 72.1 Å². The summed E-state index contributed by atoms with van der Waals surface area (Å²) in [5.41, 5.74) is 7.70. The van der Waals surface area contributed by atoms with Crippen LogP contribution >= 0.6 is 0 Å². The second-order valence-electron chi connectivity index (χ2n) is 9.57. The van der Waals surface area contributed by atoms with Crippen LogP contribution in [0.1, 0.15) is 70.1 Å². The molecule has 25 heavy (non-hydrogen) atoms. The van der Waals surface area contributed by atoms with Crippen LogP contribution in [0, 0.1) is 12.3 Å². The lowest BCUT2D eigenvalue weighted by molar-refractivity contribution is -0.660. The van der Waals surface area contributed by atoms with Crippen LogP contribution in [0.2, 0.25) is 0 Å². The first-order valence-electron chi connectivity index (χ1n) is 9.78. The second kappa shape index (κ2) is 6.59. The van der Waals surface area contributed by atoms with Crippen LogP contribution in [0.15, 0.2) is 36.5 Å². The van der Waals surface area contributed by atoms with E-state index >= 15 is 0 Å². The first-order chi connectivity index (χ1) is 11.7. The van der Waals surface area contributed by atoms with Crippen LogP contribution in [0.5, 0.6) is 0 Å². The van der Waals surface area contributed by atoms with Gasteiger partial charge in [-0.3, -0.25) is 0 Å². The summed E-state index contributed by atoms with van der Waals surface area (Å²) >= 11 is 0. The van der Waals surface area contributed by atoms with Gasteiger partial charge in [-0.05, 0) is 60.3 Å². The minimum atomic E-state index is 0.322. The van der Waals surface area contributed by atoms with Gasteiger partial charge in [0.05, 0.1) is 0 Å². The molecule has 134 valence electrons. The Morgan fingerprint density at radius 3 is 2.28 bits per heavy atom. The van der Waals surface area contributed by atoms with Gasteiger partial charge in [-0.25, -0.2) is 4.57 Å². The van der Waals surface area contributed by atoms with Gasteiger partial charge in [0.2, 0.25) is 5.69 Å². The first kappa shape index (κ1) is 18.2. The van der Waals surface area contributed by atoms with Crippen molar-refractivity contribution < 1.29 is 4.57 Å². The molecule has 0 N–H and O–H groups in total. The van der Waals surface area contributed by atoms with Crippen molar-refractivity contribution in [3.05, 3.63) is 53.2 Å². The maximum atomic E-state index is 2.44. The topological polar surface area (TPSA) is 3.88 Å². The van der Waals surface area contributed by atoms with Crippen LogP contribution in [0.4, 0.5) is 0 Å². The Bertz CT molecular complexity index is 758. The fourth-order valence-corrected chi connectivity index (χ4v) is 4.43. The Labute approximate surface area is 154 Å². The van der Waals surface area contributed by atoms with Crippen LogP contribution in [-0.2, 0) is 18.9 Å². The quantitative estimate of drug-likeness (QED) is 0.614. The Morgan fingerprint density at radius 1 is 1.04 bits per heavy atom. The Kier molecular flexibility index (Phi) is 4.79. The largest absolute Gasteiger partial charge is 0.212 e. The van der Waals surface area contributed by atoms with Gasteiger partial charge >= 0.3 is 0 Å². The van der Waals surface area contributed by atoms with Crippen molar-refractivity contribution >= 4 is 0 Å². The number of pyridine rings is 1. The van der Waals surface area contributed by atoms with Crippen molar-refractivity contribution in [3.63, 3.8) is 0 Å². The van der Waals surface area contributed by atoms with Gasteiger partial charge in [-0.1, -0.05) is 52.7 Å². The van der Waals surface area contributed by atoms with Gasteiger partial charge in [0.25, 0.3) is 0 Å². The van der Waals surface area contributed by atoms with E-state index in [1.54, 1.807) is 0 Å². The molecule has 0 atom stereocenters. The molecule has 0 saturated heterocycles. The number of aryl methyl sites for hydroxylation is 2. The number of benzene rings is 1. The zero-order valence-corrected chi connectivity index (χ0v) is 16.9. The van der Waals surface area contributed by atoms with Crippen LogP contribution in [0.25, 0.3) is 11.3 Å². The summed E-state index contributed by atoms with van der Waals surface area (Å²) < 4.78 is 2.29. The van der Waals surface area contributed by atoms with Gasteiger partial charge in [0.15, 0.2) is 6.20 Å². The van der Waals surface area contributed by atoms with E-state index in [1.165, 1.54) is 53.6 Å². The zero-order chi connectivity index (χ0) is 18.2. The maximum Gasteiger partial charge on any atom is 0.212 e. The van der Waals surface area contributed by atoms with Crippen molar-refractivity contribution in [1.82, 2.24) is 0 Å². The summed E-state index contributed by atoms with van der Waals surface area (Å²) in [6.07, 6.45) is 8.83. The highest BCUT2D eigenvalue weighted by molar-refractivity contribution is 5.62. The van der Waals surface area contributed by atoms with E-state index in [9.17, 15) is 0 Å². The smallest absolute Gasteiger partial charge is 0.201 e. The fraction of sp³-hybridized carbons (Fsp3) is 0.542. The summed E-state index contributed by atoms with van der Waals surface area (Å²) in [4.78, 5) is 0. The Morgan fingerprint density at radius 2 is 1.72 bits per heavy atom. The molecule has 0 amide bonds. The van der Waals surface area contributed by atoms with E-state index in [2.05, 4.69) is 82.8 Å². The molecule has 0 bridgehead atoms. The molecule has 0 radical (unpaired) electrons. The average Bonchev–Trinajstić information content (AvgIpc) is 2.94. The normalized spacial score (nSPS) is 17.0. The highest BCUT2D eigenvalue weighted by atomic mass is 14.9. The Hall–Kier alpha value is -1.63. The molecule has 1 aliphatic carbocycles. The van der Waals surface area contributed by atoms with Crippen LogP contribution < -0.4 is 4.57 Å². The molecule has 1 aromatic carbocycles. The van der Waals surface area contributed by atoms with Crippen molar-refractivity contribution in [2.75, 3.05) is 0 Å². The standard InChI is InChI=1S/C24H34N/c1-18-15-20(24(5)13-7-8-14-24)10-11-21(18)22-12-9-19(17-25(22)6)16-23(2,3)4/h9-12,15,17H,7-8,13-14,16H2,1-6H3/q+1. The summed E-state index contributed by atoms with van der Waals surface area (Å²) in [5, 5.41) is 0. The zero-order valence-electron chi connectivity index (χ0n) is 16.9. The predicted octanol–water partition coefficient (Wildman–Crippen LogP) is 5.91. The molecule has 1 heterocycles. The van der Waals surface area contributed by atoms with E-state index in [0.29, 0.717) is 10.8 Å². The summed E-state index contributed by atoms with van der Waals surface area (Å²) in [6.45, 7) is 11.6. The molecule has 0 aliphatic heterocycles. The fourth-order valence-electron chi connectivity index (χ4n) is 4.43. The molecule has 1 nitrogen and oxygen atoms in total. The summed E-state index contributed by atoms with van der Waals surface area (Å²) in [6, 6.07) is 11.7. The monoisotopic (exact) mass is 336 g/mol. The molecule has 0 spiro atoms. The predicted molar refractivity (Wildman–Crippen MR) is 107 cm³/mol. The molecule has 3 rings (SSSR count). The number of aromatic nitrogens is 1. The van der Waals surface area contributed by atoms with E-state index < -0.39 is 0 Å². The molecule has 1 aromatic heterocycles. The first-order valence-corrected chi connectivity index (χ1v) is 9.78. The van der Waals surface area contributed by atoms with Crippen LogP contribution in [-0.4, -0.2) is 0 Å². The van der Waals surface area contributed by atoms with Gasteiger partial charge in [-0.2, -0.15) is 0 Å². The van der Waals surface area contributed by atoms with Crippen molar-refractivity contribution in [2.24, 2.45) is 12.5 Å². The molecule has 0 unspecified atom stereocenters. The van der Waals surface area contributed by atoms with Crippen LogP contribution in [0.3, 0.4) is 0 Å². The molecular formula is C24H34N+. The second-order valence-corrected chi connectivity index (χ2v) is 9.57. The lowest BCUT2D eigenvalue weighted by atomic mass is 9.80. The van der Waals surface area contributed by atoms with Gasteiger partial charge in [0, 0.05) is 17.2 Å². The number of nitrogens with zero attached hydrogens (tertiary/aromatic N) is 1. The van der Waals surface area contributed by atoms with E-state index in [-0.39, 0.29) is 0 Å². The van der Waals surface area contributed by atoms with Crippen molar-refractivity contribution in [3.8, 4) is 11.3 Å². The average molecular weight is 337 g/mol. The van der Waals surface area contributed by atoms with E-state index in [1.807, 2.05) is 0 Å². The third-order valence-corrected chi connectivity index (χ3v) is 5.84. The number of hydrogen-bond donors (Lipinski definition) is 0. The lowest BCUT2D eigenvalue weighted by Crippen LogP contribution is -2.32. The number of hydrogen-bond acceptors (Lipinski definition) is 0. The van der Waals surface area contributed by atoms with E-state index in [0.717, 1.165) is 6.42 Å². The van der Waals surface area contributed by atoms with E-state index in [4.69, 9.17) is 0 Å². The molecular weight excluding hydrogens is 302 g/mol. The van der Waals surface area contributed by atoms with Gasteiger partial charge < -0.3 is 0 Å². The summed E-state index contributed by atoms with van der Waals surface area (Å²) in [5.74, 6) is 0. The number of rotatable bonds is 3. The third kappa shape index (κ3) is 3.97. The molecule has 1 heteroatoms. The molecule has 2 aromatic rings. The molecule has 1 aliphatic rings. The molecule has 1 fully saturated rings. The minimum absolute atomic E-state index is 0.322. The molecule has 1 saturated carbocycles. The SMILES string of the molecule is Cc1cc(C2(C)CCCC2)ccc1-c1ccc(CC(C)(C)C)c[n+]1C. The Balaban J connectivity index is 1.92. The minimum Gasteiger partial charge on any atom is -0.201 e. The third-order valence-electron chi connectivity index (χ3n) is 5.84. The van der Waals surface area contributed by atoms with Gasteiger partial charge in [-0.15, -0.1) is 0 Å². The highest BCUT2D eigenvalue weighted by Gasteiger charge is 2.31. The van der Waals surface area contributed by atoms with Gasteiger partial charge in [0.1, 0.15) is 7.05 Å².